The Morgan fingerprint density at radius 3 is 2.06 bits per heavy atom. The maximum Gasteiger partial charge on any atom is 0.157 e. The minimum Gasteiger partial charge on any atom is -0.300 e. The molecule has 0 saturated heterocycles. The van der Waals surface area contributed by atoms with Gasteiger partial charge in [-0.2, -0.15) is 0 Å². The summed E-state index contributed by atoms with van der Waals surface area (Å²) >= 11 is 0. The van der Waals surface area contributed by atoms with Crippen LogP contribution in [0, 0.1) is 17.8 Å². The van der Waals surface area contributed by atoms with Gasteiger partial charge in [0, 0.05) is 18.8 Å². The fraction of sp³-hybridized carbons (Fsp3) is 0.733. The van der Waals surface area contributed by atoms with Gasteiger partial charge in [0.05, 0.1) is 0 Å². The van der Waals surface area contributed by atoms with Crippen molar-refractivity contribution < 1.29 is 9.59 Å². The molecule has 0 heterocycles. The van der Waals surface area contributed by atoms with E-state index >= 15 is 0 Å². The molecule has 0 bridgehead atoms. The van der Waals surface area contributed by atoms with Crippen molar-refractivity contribution in [1.82, 2.24) is 0 Å². The van der Waals surface area contributed by atoms with Gasteiger partial charge in [-0.05, 0) is 24.3 Å². The molecular weight excluding hydrogens is 212 g/mol. The Hall–Kier alpha value is -0.920. The normalized spacial score (nSPS) is 13.6. The molecule has 1 unspecified atom stereocenters. The predicted octanol–water partition coefficient (Wildman–Crippen LogP) is 3.80. The summed E-state index contributed by atoms with van der Waals surface area (Å²) < 4.78 is 0. The first-order valence-electron chi connectivity index (χ1n) is 6.55. The zero-order valence-electron chi connectivity index (χ0n) is 11.8. The van der Waals surface area contributed by atoms with Gasteiger partial charge >= 0.3 is 0 Å². The van der Waals surface area contributed by atoms with E-state index in [1.165, 1.54) is 0 Å². The molecule has 98 valence electrons. The van der Waals surface area contributed by atoms with Crippen LogP contribution < -0.4 is 0 Å². The van der Waals surface area contributed by atoms with Crippen molar-refractivity contribution in [2.45, 2.75) is 53.9 Å². The molecule has 0 aliphatic heterocycles. The van der Waals surface area contributed by atoms with Gasteiger partial charge in [0.2, 0.25) is 0 Å². The maximum absolute atomic E-state index is 11.6. The lowest BCUT2D eigenvalue weighted by Crippen LogP contribution is -2.08. The van der Waals surface area contributed by atoms with Gasteiger partial charge < -0.3 is 0 Å². The second-order valence-electron chi connectivity index (χ2n) is 5.64. The number of carbonyl (C=O) groups excluding carboxylic acids is 2. The molecule has 2 nitrogen and oxygen atoms in total. The van der Waals surface area contributed by atoms with Crippen molar-refractivity contribution in [3.63, 3.8) is 0 Å². The molecule has 0 radical (unpaired) electrons. The Morgan fingerprint density at radius 2 is 1.59 bits per heavy atom. The summed E-state index contributed by atoms with van der Waals surface area (Å²) in [7, 11) is 0. The smallest absolute Gasteiger partial charge is 0.157 e. The standard InChI is InChI=1S/C15H26O2/c1-11(2)9-14(16)10-13(5)7-6-8-15(17)12(3)4/h6,8,11-13H,7,9-10H2,1-5H3/b8-6+. The number of hydrogen-bond acceptors (Lipinski definition) is 2. The molecule has 0 aromatic heterocycles. The minimum absolute atomic E-state index is 0.0594. The van der Waals surface area contributed by atoms with E-state index in [1.807, 2.05) is 19.9 Å². The Balaban J connectivity index is 3.91. The van der Waals surface area contributed by atoms with Crippen molar-refractivity contribution >= 4 is 11.6 Å². The Kier molecular flexibility index (Phi) is 7.77. The largest absolute Gasteiger partial charge is 0.300 e. The molecule has 0 fully saturated rings. The summed E-state index contributed by atoms with van der Waals surface area (Å²) in [5, 5.41) is 0. The molecule has 0 amide bonds. The molecular formula is C15H26O2. The summed E-state index contributed by atoms with van der Waals surface area (Å²) in [6.45, 7) is 9.96. The summed E-state index contributed by atoms with van der Waals surface area (Å²) in [6, 6.07) is 0. The van der Waals surface area contributed by atoms with Gasteiger partial charge in [0.15, 0.2) is 5.78 Å². The van der Waals surface area contributed by atoms with Gasteiger partial charge in [-0.15, -0.1) is 0 Å². The highest BCUT2D eigenvalue weighted by molar-refractivity contribution is 5.91. The van der Waals surface area contributed by atoms with E-state index < -0.39 is 0 Å². The number of ketones is 2. The number of Topliss-reactive ketones (excluding diaryl/α,β-unsaturated/α-hetero) is 1. The van der Waals surface area contributed by atoms with Crippen LogP contribution in [0.25, 0.3) is 0 Å². The molecule has 0 N–H and O–H groups in total. The van der Waals surface area contributed by atoms with Crippen molar-refractivity contribution in [3.05, 3.63) is 12.2 Å². The van der Waals surface area contributed by atoms with Gasteiger partial charge in [-0.1, -0.05) is 40.7 Å². The van der Waals surface area contributed by atoms with Gasteiger partial charge in [-0.25, -0.2) is 0 Å². The van der Waals surface area contributed by atoms with E-state index in [0.717, 1.165) is 6.42 Å². The average Bonchev–Trinajstić information content (AvgIpc) is 2.15. The number of rotatable bonds is 8. The SMILES string of the molecule is CC(C)CC(=O)CC(C)C/C=C/C(=O)C(C)C. The summed E-state index contributed by atoms with van der Waals surface area (Å²) in [4.78, 5) is 22.9. The first kappa shape index (κ1) is 16.1. The van der Waals surface area contributed by atoms with E-state index in [0.29, 0.717) is 30.5 Å². The highest BCUT2D eigenvalue weighted by Crippen LogP contribution is 2.13. The number of hydrogen-bond donors (Lipinski definition) is 0. The van der Waals surface area contributed by atoms with Crippen molar-refractivity contribution in [3.8, 4) is 0 Å². The van der Waals surface area contributed by atoms with E-state index in [1.54, 1.807) is 6.08 Å². The molecule has 0 rings (SSSR count). The van der Waals surface area contributed by atoms with Crippen LogP contribution in [0.15, 0.2) is 12.2 Å². The number of carbonyl (C=O) groups is 2. The molecule has 1 atom stereocenters. The molecule has 0 saturated carbocycles. The highest BCUT2D eigenvalue weighted by atomic mass is 16.1. The number of allylic oxidation sites excluding steroid dienone is 2. The first-order valence-corrected chi connectivity index (χ1v) is 6.55. The topological polar surface area (TPSA) is 34.1 Å². The van der Waals surface area contributed by atoms with E-state index in [9.17, 15) is 9.59 Å². The third kappa shape index (κ3) is 8.84. The van der Waals surface area contributed by atoms with E-state index in [2.05, 4.69) is 20.8 Å². The second kappa shape index (κ2) is 8.21. The molecule has 0 aromatic carbocycles. The summed E-state index contributed by atoms with van der Waals surface area (Å²) in [5.74, 6) is 1.32. The van der Waals surface area contributed by atoms with Gasteiger partial charge in [0.25, 0.3) is 0 Å². The van der Waals surface area contributed by atoms with Crippen molar-refractivity contribution in [1.29, 1.82) is 0 Å². The van der Waals surface area contributed by atoms with Gasteiger partial charge in [0.1, 0.15) is 5.78 Å². The molecule has 17 heavy (non-hydrogen) atoms. The Labute approximate surface area is 105 Å². The van der Waals surface area contributed by atoms with Crippen LogP contribution in [0.4, 0.5) is 0 Å². The second-order valence-corrected chi connectivity index (χ2v) is 5.64. The predicted molar refractivity (Wildman–Crippen MR) is 71.8 cm³/mol. The minimum atomic E-state index is 0.0594. The summed E-state index contributed by atoms with van der Waals surface area (Å²) in [5.41, 5.74) is 0. The van der Waals surface area contributed by atoms with Crippen LogP contribution in [-0.4, -0.2) is 11.6 Å². The fourth-order valence-electron chi connectivity index (χ4n) is 1.62. The Bertz CT molecular complexity index is 275. The first-order chi connectivity index (χ1) is 7.82. The monoisotopic (exact) mass is 238 g/mol. The van der Waals surface area contributed by atoms with Gasteiger partial charge in [-0.3, -0.25) is 9.59 Å². The Morgan fingerprint density at radius 1 is 1.00 bits per heavy atom. The lowest BCUT2D eigenvalue weighted by molar-refractivity contribution is -0.120. The third-order valence-electron chi connectivity index (χ3n) is 2.60. The van der Waals surface area contributed by atoms with Crippen LogP contribution in [0.3, 0.4) is 0 Å². The van der Waals surface area contributed by atoms with Crippen LogP contribution >= 0.6 is 0 Å². The van der Waals surface area contributed by atoms with Crippen LogP contribution in [0.5, 0.6) is 0 Å². The van der Waals surface area contributed by atoms with Crippen LogP contribution in [0.1, 0.15) is 53.9 Å². The lowest BCUT2D eigenvalue weighted by atomic mass is 9.95. The zero-order valence-corrected chi connectivity index (χ0v) is 11.8. The molecule has 0 spiro atoms. The van der Waals surface area contributed by atoms with Crippen LogP contribution in [0.2, 0.25) is 0 Å². The molecule has 0 aliphatic carbocycles. The van der Waals surface area contributed by atoms with Crippen molar-refractivity contribution in [2.24, 2.45) is 17.8 Å². The molecule has 2 heteroatoms. The van der Waals surface area contributed by atoms with Crippen molar-refractivity contribution in [2.75, 3.05) is 0 Å². The van der Waals surface area contributed by atoms with E-state index in [-0.39, 0.29) is 11.7 Å². The lowest BCUT2D eigenvalue weighted by Gasteiger charge is -2.09. The third-order valence-corrected chi connectivity index (χ3v) is 2.60. The average molecular weight is 238 g/mol. The highest BCUT2D eigenvalue weighted by Gasteiger charge is 2.10. The maximum atomic E-state index is 11.6. The molecule has 0 aromatic rings. The quantitative estimate of drug-likeness (QED) is 0.603. The van der Waals surface area contributed by atoms with E-state index in [4.69, 9.17) is 0 Å². The van der Waals surface area contributed by atoms with Crippen LogP contribution in [-0.2, 0) is 9.59 Å². The fourth-order valence-corrected chi connectivity index (χ4v) is 1.62. The summed E-state index contributed by atoms with van der Waals surface area (Å²) in [6.07, 6.45) is 5.64. The zero-order chi connectivity index (χ0) is 13.4. The molecule has 0 aliphatic rings.